The van der Waals surface area contributed by atoms with Gasteiger partial charge in [0.2, 0.25) is 0 Å². The Bertz CT molecular complexity index is 1360. The van der Waals surface area contributed by atoms with Gasteiger partial charge in [0.05, 0.1) is 37.6 Å². The van der Waals surface area contributed by atoms with Crippen LogP contribution in [-0.4, -0.2) is 63.3 Å². The lowest BCUT2D eigenvalue weighted by molar-refractivity contribution is -0.769. The summed E-state index contributed by atoms with van der Waals surface area (Å²) in [7, 11) is 0. The number of anilines is 2. The Morgan fingerprint density at radius 3 is 2.53 bits per heavy atom. The number of fused-ring (bicyclic) bond motifs is 1. The number of nitrogens with one attached hydrogen (secondary N) is 1. The molecule has 2 aliphatic rings. The van der Waals surface area contributed by atoms with E-state index >= 15 is 0 Å². The number of rotatable bonds is 8. The van der Waals surface area contributed by atoms with Gasteiger partial charge in [-0.05, 0) is 35.0 Å². The number of carbonyl (C=O) groups excluding carboxylic acids is 3. The van der Waals surface area contributed by atoms with Gasteiger partial charge in [0, 0.05) is 25.1 Å². The van der Waals surface area contributed by atoms with Gasteiger partial charge in [0.1, 0.15) is 12.4 Å². The molecule has 0 saturated carbocycles. The van der Waals surface area contributed by atoms with Crippen LogP contribution in [0.2, 0.25) is 0 Å². The van der Waals surface area contributed by atoms with E-state index in [1.54, 1.807) is 24.3 Å². The highest BCUT2D eigenvalue weighted by Crippen LogP contribution is 2.28. The SMILES string of the molecule is O=C(CCC(=O)[NH+]([O-])C[C@@H]1CN(c2ccc(N3CCOCC3)c(F)c2)C(=O)O1)c1ccc2ccccc2c1. The lowest BCUT2D eigenvalue weighted by Crippen LogP contribution is -3.11. The predicted molar refractivity (Wildman–Crippen MR) is 139 cm³/mol. The highest BCUT2D eigenvalue weighted by Gasteiger charge is 2.35. The second kappa shape index (κ2) is 11.3. The maximum Gasteiger partial charge on any atom is 0.414 e. The van der Waals surface area contributed by atoms with Crippen molar-refractivity contribution in [2.75, 3.05) is 49.2 Å². The normalized spacial score (nSPS) is 18.5. The molecule has 38 heavy (non-hydrogen) atoms. The quantitative estimate of drug-likeness (QED) is 0.359. The van der Waals surface area contributed by atoms with Gasteiger partial charge >= 0.3 is 12.0 Å². The second-order valence-corrected chi connectivity index (χ2v) is 9.39. The van der Waals surface area contributed by atoms with Gasteiger partial charge in [0.25, 0.3) is 0 Å². The second-order valence-electron chi connectivity index (χ2n) is 9.39. The molecule has 5 rings (SSSR count). The molecular formula is C28H28FN3O6. The van der Waals surface area contributed by atoms with Crippen LogP contribution in [0.3, 0.4) is 0 Å². The molecule has 2 aliphatic heterocycles. The molecule has 2 fully saturated rings. The third kappa shape index (κ3) is 5.67. The molecule has 3 aromatic rings. The average molecular weight is 522 g/mol. The fourth-order valence-corrected chi connectivity index (χ4v) is 4.76. The molecule has 198 valence electrons. The van der Waals surface area contributed by atoms with E-state index in [-0.39, 0.29) is 31.7 Å². The molecule has 1 N–H and O–H groups in total. The number of carbonyl (C=O) groups is 3. The van der Waals surface area contributed by atoms with Crippen LogP contribution in [0.15, 0.2) is 60.7 Å². The molecule has 0 bridgehead atoms. The smallest absolute Gasteiger partial charge is 0.414 e. The number of ketones is 1. The van der Waals surface area contributed by atoms with E-state index < -0.39 is 29.0 Å². The Kier molecular flexibility index (Phi) is 7.64. The van der Waals surface area contributed by atoms with Crippen molar-refractivity contribution < 1.29 is 33.3 Å². The molecule has 0 spiro atoms. The van der Waals surface area contributed by atoms with Gasteiger partial charge < -0.3 is 24.6 Å². The van der Waals surface area contributed by atoms with E-state index in [1.165, 1.54) is 11.0 Å². The number of hydrogen-bond acceptors (Lipinski definition) is 7. The topological polar surface area (TPSA) is 104 Å². The number of hydrogen-bond donors (Lipinski definition) is 1. The zero-order chi connectivity index (χ0) is 26.6. The molecule has 0 aromatic heterocycles. The Labute approximate surface area is 218 Å². The van der Waals surface area contributed by atoms with E-state index in [0.29, 0.717) is 43.2 Å². The fourth-order valence-electron chi connectivity index (χ4n) is 4.76. The minimum absolute atomic E-state index is 0.0181. The number of ether oxygens (including phenoxy) is 2. The highest BCUT2D eigenvalue weighted by molar-refractivity contribution is 6.00. The summed E-state index contributed by atoms with van der Waals surface area (Å²) in [5.74, 6) is -1.38. The van der Waals surface area contributed by atoms with Crippen molar-refractivity contribution >= 4 is 39.9 Å². The van der Waals surface area contributed by atoms with Crippen LogP contribution in [0, 0.1) is 11.0 Å². The minimum Gasteiger partial charge on any atom is -0.627 e. The highest BCUT2D eigenvalue weighted by atomic mass is 19.1. The largest absolute Gasteiger partial charge is 0.627 e. The summed E-state index contributed by atoms with van der Waals surface area (Å²) in [5, 5.41) is 13.7. The van der Waals surface area contributed by atoms with Gasteiger partial charge in [-0.25, -0.2) is 14.0 Å². The van der Waals surface area contributed by atoms with E-state index in [2.05, 4.69) is 0 Å². The Morgan fingerprint density at radius 1 is 1.00 bits per heavy atom. The van der Waals surface area contributed by atoms with Crippen molar-refractivity contribution in [2.24, 2.45) is 0 Å². The van der Waals surface area contributed by atoms with Crippen molar-refractivity contribution in [2.45, 2.75) is 18.9 Å². The summed E-state index contributed by atoms with van der Waals surface area (Å²) >= 11 is 0. The van der Waals surface area contributed by atoms with Crippen LogP contribution in [0.5, 0.6) is 0 Å². The molecule has 0 radical (unpaired) electrons. The standard InChI is InChI=1S/C28H28FN3O6/c29-24-16-22(7-8-25(24)30-11-13-37-14-12-30)31-17-23(38-28(31)35)18-32(36)27(34)10-9-26(33)21-6-5-19-3-1-2-4-20(19)15-21/h1-8,15-16,23,32H,9-14,17-18H2/t23-/m0/s1. The lowest BCUT2D eigenvalue weighted by Gasteiger charge is -2.29. The number of nitrogens with zero attached hydrogens (tertiary/aromatic N) is 2. The van der Waals surface area contributed by atoms with Crippen molar-refractivity contribution in [1.82, 2.24) is 0 Å². The maximum absolute atomic E-state index is 14.8. The van der Waals surface area contributed by atoms with Crippen molar-refractivity contribution in [3.8, 4) is 0 Å². The molecule has 2 atom stereocenters. The van der Waals surface area contributed by atoms with Crippen molar-refractivity contribution in [1.29, 1.82) is 0 Å². The molecular weight excluding hydrogens is 493 g/mol. The third-order valence-corrected chi connectivity index (χ3v) is 6.84. The summed E-state index contributed by atoms with van der Waals surface area (Å²) in [5.41, 5.74) is 1.23. The van der Waals surface area contributed by atoms with Crippen LogP contribution in [-0.2, 0) is 14.3 Å². The van der Waals surface area contributed by atoms with Crippen molar-refractivity contribution in [3.63, 3.8) is 0 Å². The molecule has 9 nitrogen and oxygen atoms in total. The summed E-state index contributed by atoms with van der Waals surface area (Å²) in [6, 6.07) is 17.5. The number of amides is 2. The molecule has 1 unspecified atom stereocenters. The van der Waals surface area contributed by atoms with Gasteiger partial charge in [0.15, 0.2) is 11.9 Å². The van der Waals surface area contributed by atoms with Crippen molar-refractivity contribution in [3.05, 3.63) is 77.3 Å². The fraction of sp³-hybridized carbons (Fsp3) is 0.321. The number of quaternary nitrogens is 1. The van der Waals surface area contributed by atoms with Crippen LogP contribution in [0.1, 0.15) is 23.2 Å². The first-order chi connectivity index (χ1) is 18.4. The molecule has 3 aromatic carbocycles. The number of halogens is 1. The van der Waals surface area contributed by atoms with E-state index in [9.17, 15) is 24.0 Å². The predicted octanol–water partition coefficient (Wildman–Crippen LogP) is 2.71. The summed E-state index contributed by atoms with van der Waals surface area (Å²) in [4.78, 5) is 40.5. The van der Waals surface area contributed by atoms with Crippen LogP contribution in [0.25, 0.3) is 10.8 Å². The van der Waals surface area contributed by atoms with Crippen LogP contribution >= 0.6 is 0 Å². The molecule has 2 saturated heterocycles. The Hall–Kier alpha value is -3.86. The van der Waals surface area contributed by atoms with Crippen LogP contribution in [0.4, 0.5) is 20.6 Å². The molecule has 10 heteroatoms. The third-order valence-electron chi connectivity index (χ3n) is 6.84. The first-order valence-electron chi connectivity index (χ1n) is 12.6. The monoisotopic (exact) mass is 521 g/mol. The zero-order valence-electron chi connectivity index (χ0n) is 20.7. The van der Waals surface area contributed by atoms with Crippen LogP contribution < -0.4 is 14.9 Å². The molecule has 0 aliphatic carbocycles. The maximum atomic E-state index is 14.8. The zero-order valence-corrected chi connectivity index (χ0v) is 20.7. The van der Waals surface area contributed by atoms with E-state index in [0.717, 1.165) is 10.8 Å². The lowest BCUT2D eigenvalue weighted by atomic mass is 10.0. The average Bonchev–Trinajstić information content (AvgIpc) is 3.31. The molecule has 2 amide bonds. The van der Waals surface area contributed by atoms with E-state index in [1.807, 2.05) is 35.2 Å². The summed E-state index contributed by atoms with van der Waals surface area (Å²) < 4.78 is 25.4. The summed E-state index contributed by atoms with van der Waals surface area (Å²) in [6.07, 6.45) is -1.85. The van der Waals surface area contributed by atoms with Gasteiger partial charge in [-0.3, -0.25) is 9.69 Å². The van der Waals surface area contributed by atoms with E-state index in [4.69, 9.17) is 9.47 Å². The molecule has 2 heterocycles. The number of Topliss-reactive ketones (excluding diaryl/α,β-unsaturated/α-hetero) is 1. The van der Waals surface area contributed by atoms with Gasteiger partial charge in [-0.1, -0.05) is 36.4 Å². The Morgan fingerprint density at radius 2 is 1.76 bits per heavy atom. The number of cyclic esters (lactones) is 1. The number of morpholine rings is 1. The first-order valence-corrected chi connectivity index (χ1v) is 12.6. The summed E-state index contributed by atoms with van der Waals surface area (Å²) in [6.45, 7) is 1.92. The number of benzene rings is 3. The number of hydroxylamine groups is 2. The minimum atomic E-state index is -0.836. The van der Waals surface area contributed by atoms with Gasteiger partial charge in [-0.2, -0.15) is 0 Å². The first kappa shape index (κ1) is 25.8. The van der Waals surface area contributed by atoms with Gasteiger partial charge in [-0.15, -0.1) is 0 Å². The Balaban J connectivity index is 1.14.